The Balaban J connectivity index is 0.000000114. The topological polar surface area (TPSA) is 53.1 Å². The molecule has 92 heavy (non-hydrogen) atoms. The lowest BCUT2D eigenvalue weighted by Gasteiger charge is -2.32. The molecule has 0 bridgehead atoms. The van der Waals surface area contributed by atoms with Crippen LogP contribution >= 0.6 is 15.9 Å². The molecule has 14 aromatic carbocycles. The van der Waals surface area contributed by atoms with Gasteiger partial charge in [-0.2, -0.15) is 0 Å². The van der Waals surface area contributed by atoms with Crippen molar-refractivity contribution in [2.24, 2.45) is 0 Å². The van der Waals surface area contributed by atoms with E-state index < -0.39 is 7.12 Å². The second kappa shape index (κ2) is 21.9. The number of benzene rings is 14. The van der Waals surface area contributed by atoms with Crippen LogP contribution in [0.5, 0.6) is 0 Å². The summed E-state index contributed by atoms with van der Waals surface area (Å²) in [7, 11) is -0.411. The lowest BCUT2D eigenvalue weighted by molar-refractivity contribution is 0.00578. The average Bonchev–Trinajstić information content (AvgIpc) is 1.46. The van der Waals surface area contributed by atoms with Gasteiger partial charge in [-0.1, -0.05) is 222 Å². The van der Waals surface area contributed by atoms with Crippen LogP contribution in [-0.4, -0.2) is 37.1 Å². The summed E-state index contributed by atoms with van der Waals surface area (Å²) < 4.78 is 18.5. The monoisotopic (exact) mass is 1250 g/mol. The van der Waals surface area contributed by atoms with Crippen LogP contribution in [0.25, 0.3) is 153 Å². The summed E-state index contributed by atoms with van der Waals surface area (Å²) in [4.78, 5) is 10.2. The zero-order chi connectivity index (χ0) is 61.8. The van der Waals surface area contributed by atoms with Gasteiger partial charge < -0.3 is 9.31 Å². The van der Waals surface area contributed by atoms with Gasteiger partial charge in [-0.05, 0) is 205 Å². The molecule has 0 atom stereocenters. The molecule has 0 saturated carbocycles. The maximum Gasteiger partial charge on any atom is 0.494 e. The number of para-hydroxylation sites is 4. The molecule has 4 aromatic heterocycles. The Morgan fingerprint density at radius 1 is 0.293 bits per heavy atom. The average molecular weight is 1250 g/mol. The molecule has 0 radical (unpaired) electrons. The third-order valence-electron chi connectivity index (χ3n) is 19.2. The summed E-state index contributed by atoms with van der Waals surface area (Å²) >= 11 is 3.46. The fourth-order valence-corrected chi connectivity index (χ4v) is 13.9. The van der Waals surface area contributed by atoms with E-state index in [4.69, 9.17) is 19.3 Å². The largest absolute Gasteiger partial charge is 0.494 e. The molecule has 1 fully saturated rings. The number of fused-ring (bicyclic) bond motifs is 20. The number of aromatic nitrogens is 4. The Labute approximate surface area is 540 Å². The van der Waals surface area contributed by atoms with E-state index in [0.29, 0.717) is 0 Å². The second-order valence-corrected chi connectivity index (χ2v) is 26.2. The van der Waals surface area contributed by atoms with Gasteiger partial charge in [0, 0.05) is 26.0 Å². The molecular formula is C84H60BBrN4O2. The van der Waals surface area contributed by atoms with Crippen LogP contribution < -0.4 is 5.46 Å². The summed E-state index contributed by atoms with van der Waals surface area (Å²) in [6.07, 6.45) is 0. The van der Waals surface area contributed by atoms with E-state index in [0.717, 1.165) is 54.2 Å². The first-order chi connectivity index (χ1) is 44.9. The van der Waals surface area contributed by atoms with Crippen LogP contribution in [-0.2, 0) is 9.31 Å². The first-order valence-corrected chi connectivity index (χ1v) is 32.3. The van der Waals surface area contributed by atoms with Crippen LogP contribution in [0, 0.1) is 0 Å². The highest BCUT2D eigenvalue weighted by Crippen LogP contribution is 2.41. The minimum absolute atomic E-state index is 0.383. The Morgan fingerprint density at radius 3 is 1.09 bits per heavy atom. The van der Waals surface area contributed by atoms with Gasteiger partial charge in [0.1, 0.15) is 11.3 Å². The second-order valence-electron chi connectivity index (χ2n) is 25.3. The van der Waals surface area contributed by atoms with Gasteiger partial charge in [-0.15, -0.1) is 0 Å². The molecule has 1 saturated heterocycles. The lowest BCUT2D eigenvalue weighted by atomic mass is 9.78. The van der Waals surface area contributed by atoms with Gasteiger partial charge in [0.15, 0.2) is 0 Å². The molecule has 0 amide bonds. The van der Waals surface area contributed by atoms with Gasteiger partial charge in [0.05, 0.1) is 44.3 Å². The van der Waals surface area contributed by atoms with Crippen LogP contribution in [0.2, 0.25) is 0 Å². The van der Waals surface area contributed by atoms with Gasteiger partial charge in [0.25, 0.3) is 0 Å². The van der Waals surface area contributed by atoms with Crippen molar-refractivity contribution in [3.8, 4) is 33.4 Å². The highest BCUT2D eigenvalue weighted by atomic mass is 79.9. The standard InChI is InChI=1S/C39H24N2.C29H25BN2O2.C16H11Br/c1-2-8-28-21-31(18-17-25(28)7-1)26-13-15-27(16-14-26)32-19-20-33-34-22-29-9-3-4-10-30(29)23-35(34)39-40-36-11-5-6-12-37(36)41(39)38(33)24-32;1-28(2)29(3,4)34-30(33-28)20-13-14-21-22-15-18-9-5-6-10-19(18)16-23(22)27-31-24-11-7-8-12-25(24)32(27)26(21)17-20;17-16-9-7-13(8-10-16)15-6-5-12-3-1-2-4-14(12)11-15/h1-24H;5-17H,1-4H3;1-11H. The Bertz CT molecular complexity index is 5980. The van der Waals surface area contributed by atoms with Gasteiger partial charge in [0.2, 0.25) is 0 Å². The third-order valence-corrected chi connectivity index (χ3v) is 19.7. The van der Waals surface area contributed by atoms with E-state index in [9.17, 15) is 0 Å². The fraction of sp³-hybridized carbons (Fsp3) is 0.0714. The van der Waals surface area contributed by atoms with Crippen molar-refractivity contribution in [2.45, 2.75) is 38.9 Å². The smallest absolute Gasteiger partial charge is 0.399 e. The summed E-state index contributed by atoms with van der Waals surface area (Å²) in [6, 6.07) is 104. The van der Waals surface area contributed by atoms with E-state index in [1.165, 1.54) is 109 Å². The van der Waals surface area contributed by atoms with Crippen molar-refractivity contribution in [3.05, 3.63) is 296 Å². The number of hydrogen-bond donors (Lipinski definition) is 0. The zero-order valence-corrected chi connectivity index (χ0v) is 52.9. The van der Waals surface area contributed by atoms with Crippen molar-refractivity contribution in [2.75, 3.05) is 0 Å². The van der Waals surface area contributed by atoms with E-state index in [1.54, 1.807) is 0 Å². The number of pyridine rings is 2. The summed E-state index contributed by atoms with van der Waals surface area (Å²) in [6.45, 7) is 8.37. The minimum atomic E-state index is -0.411. The maximum atomic E-state index is 6.38. The molecule has 1 aliphatic heterocycles. The maximum absolute atomic E-state index is 6.38. The van der Waals surface area contributed by atoms with Crippen molar-refractivity contribution >= 4 is 148 Å². The van der Waals surface area contributed by atoms with Crippen molar-refractivity contribution in [3.63, 3.8) is 0 Å². The van der Waals surface area contributed by atoms with Crippen LogP contribution in [0.4, 0.5) is 0 Å². The SMILES string of the molecule is Brc1ccc(-c2ccc3ccccc3c2)cc1.CC1(C)OB(c2ccc3c4cc5ccccc5cc4c4nc5ccccc5n4c3c2)OC1(C)C.c1ccc2cc(-c3ccc(-c4ccc5c6cc7ccccc7cc6c6nc7ccccc7n6c5c4)cc3)ccc2c1. The molecule has 18 aromatic rings. The number of imidazole rings is 2. The van der Waals surface area contributed by atoms with Crippen molar-refractivity contribution in [1.29, 1.82) is 0 Å². The van der Waals surface area contributed by atoms with Crippen molar-refractivity contribution in [1.82, 2.24) is 18.8 Å². The normalized spacial score (nSPS) is 13.8. The molecule has 438 valence electrons. The summed E-state index contributed by atoms with van der Waals surface area (Å²) in [5.41, 5.74) is 16.1. The molecule has 8 heteroatoms. The Morgan fingerprint density at radius 2 is 0.630 bits per heavy atom. The summed E-state index contributed by atoms with van der Waals surface area (Å²) in [5.74, 6) is 0. The number of halogens is 1. The van der Waals surface area contributed by atoms with Crippen LogP contribution in [0.1, 0.15) is 27.7 Å². The predicted octanol–water partition coefficient (Wildman–Crippen LogP) is 21.9. The number of hydrogen-bond acceptors (Lipinski definition) is 4. The number of rotatable bonds is 4. The van der Waals surface area contributed by atoms with E-state index in [2.05, 4.69) is 338 Å². The molecule has 5 heterocycles. The Kier molecular flexibility index (Phi) is 13.2. The van der Waals surface area contributed by atoms with Crippen molar-refractivity contribution < 1.29 is 9.31 Å². The quantitative estimate of drug-likeness (QED) is 0.100. The van der Waals surface area contributed by atoms with E-state index >= 15 is 0 Å². The highest BCUT2D eigenvalue weighted by Gasteiger charge is 2.51. The molecule has 0 aliphatic carbocycles. The Hall–Kier alpha value is -10.5. The molecule has 0 spiro atoms. The molecular weight excluding hydrogens is 1190 g/mol. The zero-order valence-electron chi connectivity index (χ0n) is 51.3. The van der Waals surface area contributed by atoms with Crippen LogP contribution in [0.3, 0.4) is 0 Å². The first-order valence-electron chi connectivity index (χ1n) is 31.5. The molecule has 6 nitrogen and oxygen atoms in total. The van der Waals surface area contributed by atoms with E-state index in [-0.39, 0.29) is 11.2 Å². The van der Waals surface area contributed by atoms with E-state index in [1.807, 2.05) is 6.07 Å². The summed E-state index contributed by atoms with van der Waals surface area (Å²) in [5, 5.41) is 17.2. The highest BCUT2D eigenvalue weighted by molar-refractivity contribution is 9.10. The molecule has 19 rings (SSSR count). The fourth-order valence-electron chi connectivity index (χ4n) is 13.6. The van der Waals surface area contributed by atoms with Gasteiger partial charge in [-0.25, -0.2) is 9.97 Å². The van der Waals surface area contributed by atoms with Gasteiger partial charge >= 0.3 is 7.12 Å². The molecule has 0 N–H and O–H groups in total. The van der Waals surface area contributed by atoms with Crippen LogP contribution in [0.15, 0.2) is 296 Å². The number of nitrogens with zero attached hydrogens (tertiary/aromatic N) is 4. The molecule has 1 aliphatic rings. The lowest BCUT2D eigenvalue weighted by Crippen LogP contribution is -2.41. The predicted molar refractivity (Wildman–Crippen MR) is 392 cm³/mol. The molecule has 0 unspecified atom stereocenters. The first kappa shape index (κ1) is 55.6. The third kappa shape index (κ3) is 9.56. The minimum Gasteiger partial charge on any atom is -0.399 e. The van der Waals surface area contributed by atoms with Gasteiger partial charge in [-0.3, -0.25) is 8.80 Å².